The molecule has 2 aromatic rings. The Balaban J connectivity index is 1.65. The Morgan fingerprint density at radius 3 is 2.85 bits per heavy atom. The van der Waals surface area contributed by atoms with Crippen molar-refractivity contribution in [1.82, 2.24) is 15.3 Å². The van der Waals surface area contributed by atoms with Crippen molar-refractivity contribution in [2.45, 2.75) is 25.4 Å². The van der Waals surface area contributed by atoms with Gasteiger partial charge in [0.05, 0.1) is 24.1 Å². The van der Waals surface area contributed by atoms with E-state index < -0.39 is 0 Å². The predicted octanol–water partition coefficient (Wildman–Crippen LogP) is 2.65. The van der Waals surface area contributed by atoms with Gasteiger partial charge in [0, 0.05) is 6.54 Å². The Morgan fingerprint density at radius 2 is 2.10 bits per heavy atom. The first kappa shape index (κ1) is 13.0. The van der Waals surface area contributed by atoms with Crippen molar-refractivity contribution in [3.8, 4) is 0 Å². The molecule has 0 radical (unpaired) electrons. The number of hydrogen-bond acceptors (Lipinski definition) is 4. The summed E-state index contributed by atoms with van der Waals surface area (Å²) in [5.74, 6) is 0.531. The van der Waals surface area contributed by atoms with E-state index in [9.17, 15) is 4.39 Å². The maximum atomic E-state index is 12.8. The van der Waals surface area contributed by atoms with Gasteiger partial charge in [0.1, 0.15) is 11.6 Å². The molecule has 1 fully saturated rings. The minimum atomic E-state index is -0.220. The van der Waals surface area contributed by atoms with Crippen LogP contribution in [0.25, 0.3) is 0 Å². The van der Waals surface area contributed by atoms with Gasteiger partial charge in [-0.2, -0.15) is 0 Å². The zero-order valence-electron chi connectivity index (χ0n) is 11.1. The minimum absolute atomic E-state index is 0.220. The van der Waals surface area contributed by atoms with Crippen molar-refractivity contribution in [2.24, 2.45) is 0 Å². The molecule has 0 saturated carbocycles. The number of benzene rings is 1. The summed E-state index contributed by atoms with van der Waals surface area (Å²) in [6, 6.07) is 6.76. The van der Waals surface area contributed by atoms with Gasteiger partial charge in [-0.25, -0.2) is 9.37 Å². The number of halogens is 1. The topological polar surface area (TPSA) is 49.8 Å². The second-order valence-corrected chi connectivity index (χ2v) is 4.96. The Labute approximate surface area is 117 Å². The highest BCUT2D eigenvalue weighted by Crippen LogP contribution is 2.21. The summed E-state index contributed by atoms with van der Waals surface area (Å²) in [6.45, 7) is 1.65. The summed E-state index contributed by atoms with van der Waals surface area (Å²) in [4.78, 5) is 8.81. The van der Waals surface area contributed by atoms with Crippen molar-refractivity contribution in [3.63, 3.8) is 0 Å². The van der Waals surface area contributed by atoms with Crippen molar-refractivity contribution in [3.05, 3.63) is 53.7 Å². The van der Waals surface area contributed by atoms with Crippen LogP contribution < -0.4 is 10.6 Å². The quantitative estimate of drug-likeness (QED) is 0.898. The van der Waals surface area contributed by atoms with E-state index in [1.807, 2.05) is 6.20 Å². The van der Waals surface area contributed by atoms with Crippen LogP contribution in [-0.2, 0) is 6.54 Å². The van der Waals surface area contributed by atoms with Crippen LogP contribution in [0.3, 0.4) is 0 Å². The number of nitrogens with one attached hydrogen (secondary N) is 2. The van der Waals surface area contributed by atoms with Crippen LogP contribution >= 0.6 is 0 Å². The molecular weight excluding hydrogens is 255 g/mol. The van der Waals surface area contributed by atoms with E-state index in [0.717, 1.165) is 30.0 Å². The van der Waals surface area contributed by atoms with Gasteiger partial charge in [0.15, 0.2) is 0 Å². The molecule has 1 saturated heterocycles. The van der Waals surface area contributed by atoms with Crippen molar-refractivity contribution >= 4 is 5.82 Å². The number of hydrogen-bond donors (Lipinski definition) is 2. The lowest BCUT2D eigenvalue weighted by Crippen LogP contribution is -2.15. The standard InChI is InChI=1S/C15H17FN4/c16-12-5-3-11(4-6-12)8-19-15-10-17-9-14(20-15)13-2-1-7-18-13/h3-6,9-10,13,18H,1-2,7-8H2,(H,19,20). The number of rotatable bonds is 4. The molecule has 1 aliphatic heterocycles. The fourth-order valence-electron chi connectivity index (χ4n) is 2.37. The summed E-state index contributed by atoms with van der Waals surface area (Å²) >= 11 is 0. The predicted molar refractivity (Wildman–Crippen MR) is 75.7 cm³/mol. The van der Waals surface area contributed by atoms with Crippen LogP contribution in [0.1, 0.15) is 30.1 Å². The Kier molecular flexibility index (Phi) is 3.87. The van der Waals surface area contributed by atoms with Gasteiger partial charge in [0.2, 0.25) is 0 Å². The third-order valence-corrected chi connectivity index (χ3v) is 3.46. The molecule has 2 heterocycles. The number of nitrogens with zero attached hydrogens (tertiary/aromatic N) is 2. The molecule has 5 heteroatoms. The second kappa shape index (κ2) is 5.96. The molecule has 1 unspecified atom stereocenters. The zero-order valence-corrected chi connectivity index (χ0v) is 11.1. The molecule has 1 aromatic heterocycles. The molecule has 20 heavy (non-hydrogen) atoms. The lowest BCUT2D eigenvalue weighted by molar-refractivity contribution is 0.624. The van der Waals surface area contributed by atoms with Gasteiger partial charge < -0.3 is 10.6 Å². The average Bonchev–Trinajstić information content (AvgIpc) is 3.01. The molecule has 1 atom stereocenters. The van der Waals surface area contributed by atoms with E-state index in [-0.39, 0.29) is 5.82 Å². The highest BCUT2D eigenvalue weighted by Gasteiger charge is 2.17. The van der Waals surface area contributed by atoms with Gasteiger partial charge >= 0.3 is 0 Å². The van der Waals surface area contributed by atoms with Crippen molar-refractivity contribution in [2.75, 3.05) is 11.9 Å². The Hall–Kier alpha value is -2.01. The van der Waals surface area contributed by atoms with Gasteiger partial charge in [-0.15, -0.1) is 0 Å². The van der Waals surface area contributed by atoms with Gasteiger partial charge in [-0.3, -0.25) is 4.98 Å². The first-order chi connectivity index (χ1) is 9.81. The molecule has 0 bridgehead atoms. The van der Waals surface area contributed by atoms with Gasteiger partial charge in [-0.1, -0.05) is 12.1 Å². The molecule has 4 nitrogen and oxygen atoms in total. The normalized spacial score (nSPS) is 18.1. The van der Waals surface area contributed by atoms with Crippen LogP contribution in [0.15, 0.2) is 36.7 Å². The van der Waals surface area contributed by atoms with E-state index in [0.29, 0.717) is 12.6 Å². The lowest BCUT2D eigenvalue weighted by Gasteiger charge is -2.11. The zero-order chi connectivity index (χ0) is 13.8. The van der Waals surface area contributed by atoms with E-state index in [2.05, 4.69) is 20.6 Å². The summed E-state index contributed by atoms with van der Waals surface area (Å²) < 4.78 is 12.8. The summed E-state index contributed by atoms with van der Waals surface area (Å²) in [5, 5.41) is 6.63. The molecule has 1 aromatic carbocycles. The largest absolute Gasteiger partial charge is 0.365 e. The van der Waals surface area contributed by atoms with Crippen molar-refractivity contribution < 1.29 is 4.39 Å². The Morgan fingerprint density at radius 1 is 1.25 bits per heavy atom. The first-order valence-corrected chi connectivity index (χ1v) is 6.85. The van der Waals surface area contributed by atoms with E-state index >= 15 is 0 Å². The van der Waals surface area contributed by atoms with E-state index in [4.69, 9.17) is 0 Å². The molecule has 1 aliphatic rings. The maximum absolute atomic E-state index is 12.8. The number of aromatic nitrogens is 2. The second-order valence-electron chi connectivity index (χ2n) is 4.96. The smallest absolute Gasteiger partial charge is 0.145 e. The third-order valence-electron chi connectivity index (χ3n) is 3.46. The fourth-order valence-corrected chi connectivity index (χ4v) is 2.37. The van der Waals surface area contributed by atoms with Crippen molar-refractivity contribution in [1.29, 1.82) is 0 Å². The van der Waals surface area contributed by atoms with Crippen LogP contribution in [0, 0.1) is 5.82 Å². The van der Waals surface area contributed by atoms with Crippen LogP contribution in [0.4, 0.5) is 10.2 Å². The van der Waals surface area contributed by atoms with Crippen LogP contribution in [0.2, 0.25) is 0 Å². The van der Waals surface area contributed by atoms with E-state index in [1.165, 1.54) is 18.6 Å². The van der Waals surface area contributed by atoms with Gasteiger partial charge in [0.25, 0.3) is 0 Å². The molecular formula is C15H17FN4. The lowest BCUT2D eigenvalue weighted by atomic mass is 10.2. The summed E-state index contributed by atoms with van der Waals surface area (Å²) in [6.07, 6.45) is 5.81. The maximum Gasteiger partial charge on any atom is 0.145 e. The minimum Gasteiger partial charge on any atom is -0.365 e. The Bertz CT molecular complexity index is 564. The molecule has 104 valence electrons. The summed E-state index contributed by atoms with van der Waals surface area (Å²) in [7, 11) is 0. The van der Waals surface area contributed by atoms with Crippen LogP contribution in [0.5, 0.6) is 0 Å². The number of anilines is 1. The van der Waals surface area contributed by atoms with Crippen LogP contribution in [-0.4, -0.2) is 16.5 Å². The third kappa shape index (κ3) is 3.11. The molecule has 0 amide bonds. The highest BCUT2D eigenvalue weighted by molar-refractivity contribution is 5.34. The molecule has 2 N–H and O–H groups in total. The van der Waals surface area contributed by atoms with E-state index in [1.54, 1.807) is 18.3 Å². The average molecular weight is 272 g/mol. The fraction of sp³-hybridized carbons (Fsp3) is 0.333. The molecule has 0 spiro atoms. The summed E-state index contributed by atoms with van der Waals surface area (Å²) in [5.41, 5.74) is 1.99. The van der Waals surface area contributed by atoms with Gasteiger partial charge in [-0.05, 0) is 37.1 Å². The first-order valence-electron chi connectivity index (χ1n) is 6.85. The molecule has 3 rings (SSSR count). The molecule has 0 aliphatic carbocycles. The SMILES string of the molecule is Fc1ccc(CNc2cncc(C3CCCN3)n2)cc1. The highest BCUT2D eigenvalue weighted by atomic mass is 19.1. The monoisotopic (exact) mass is 272 g/mol.